The molecule has 0 fully saturated rings. The van der Waals surface area contributed by atoms with Gasteiger partial charge in [-0.1, -0.05) is 206 Å². The fraction of sp³-hybridized carbons (Fsp3) is 0.0159. The molecule has 11 aromatic carbocycles. The van der Waals surface area contributed by atoms with Crippen molar-refractivity contribution < 1.29 is 8.83 Å². The van der Waals surface area contributed by atoms with Gasteiger partial charge >= 0.3 is 0 Å². The minimum atomic E-state index is -0.667. The molecule has 13 aromatic rings. The van der Waals surface area contributed by atoms with Gasteiger partial charge in [0.1, 0.15) is 22.3 Å². The molecular weight excluding hydrogens is 789 g/mol. The first kappa shape index (κ1) is 36.1. The molecule has 0 spiro atoms. The summed E-state index contributed by atoms with van der Waals surface area (Å²) in [4.78, 5) is 0. The van der Waals surface area contributed by atoms with Crippen LogP contribution in [0, 0.1) is 0 Å². The second kappa shape index (κ2) is 13.8. The molecule has 0 bridgehead atoms. The van der Waals surface area contributed by atoms with E-state index in [9.17, 15) is 0 Å². The van der Waals surface area contributed by atoms with Gasteiger partial charge in [0.2, 0.25) is 0 Å². The lowest BCUT2D eigenvalue weighted by Crippen LogP contribution is -2.28. The molecule has 65 heavy (non-hydrogen) atoms. The molecule has 0 unspecified atom stereocenters. The van der Waals surface area contributed by atoms with Gasteiger partial charge in [0.05, 0.1) is 5.41 Å². The van der Waals surface area contributed by atoms with E-state index in [1.54, 1.807) is 0 Å². The summed E-state index contributed by atoms with van der Waals surface area (Å²) in [6.07, 6.45) is 0. The van der Waals surface area contributed by atoms with Crippen LogP contribution in [0.5, 0.6) is 0 Å². The lowest BCUT2D eigenvalue weighted by atomic mass is 9.67. The lowest BCUT2D eigenvalue weighted by Gasteiger charge is -2.34. The van der Waals surface area contributed by atoms with E-state index in [1.165, 1.54) is 71.6 Å². The summed E-state index contributed by atoms with van der Waals surface area (Å²) < 4.78 is 13.9. The van der Waals surface area contributed by atoms with Gasteiger partial charge in [0.25, 0.3) is 0 Å². The van der Waals surface area contributed by atoms with Gasteiger partial charge in [-0.15, -0.1) is 0 Å². The van der Waals surface area contributed by atoms with Crippen molar-refractivity contribution in [1.82, 2.24) is 0 Å². The molecule has 2 heterocycles. The average Bonchev–Trinajstić information content (AvgIpc) is 4.05. The van der Waals surface area contributed by atoms with Gasteiger partial charge in [0.15, 0.2) is 0 Å². The van der Waals surface area contributed by atoms with E-state index in [2.05, 4.69) is 231 Å². The minimum absolute atomic E-state index is 0.667. The second-order valence-corrected chi connectivity index (χ2v) is 17.4. The fourth-order valence-corrected chi connectivity index (χ4v) is 11.5. The summed E-state index contributed by atoms with van der Waals surface area (Å²) in [5, 5.41) is 9.41. The standard InChI is InChI=1S/C63H38O2/c1-4-18-40(19-5-1)56-44-24-10-12-26-46(44)57(47-27-13-11-25-45(47)56)41-34-32-39(33-35-41)50-38-52-61(62-58(50)48-28-14-17-31-54(48)65-62)60-51(36-37-55-59(60)49-29-15-16-30-53(49)64-55)63(52,42-20-6-2-7-21-42)43-22-8-3-9-23-43/h1-38H. The number of fused-ring (bicyclic) bond motifs is 13. The number of rotatable bonds is 5. The summed E-state index contributed by atoms with van der Waals surface area (Å²) in [6, 6.07) is 83.9. The Bertz CT molecular complexity index is 3930. The highest BCUT2D eigenvalue weighted by Crippen LogP contribution is 2.62. The van der Waals surface area contributed by atoms with Crippen molar-refractivity contribution >= 4 is 65.4 Å². The van der Waals surface area contributed by atoms with E-state index in [1.807, 2.05) is 0 Å². The van der Waals surface area contributed by atoms with Gasteiger partial charge in [-0.25, -0.2) is 0 Å². The van der Waals surface area contributed by atoms with Crippen LogP contribution in [0.4, 0.5) is 0 Å². The van der Waals surface area contributed by atoms with E-state index in [-0.39, 0.29) is 0 Å². The average molecular weight is 827 g/mol. The highest BCUT2D eigenvalue weighted by atomic mass is 16.3. The molecular formula is C63H38O2. The Labute approximate surface area is 375 Å². The largest absolute Gasteiger partial charge is 0.456 e. The molecule has 0 saturated heterocycles. The Kier molecular flexibility index (Phi) is 7.64. The maximum absolute atomic E-state index is 7.22. The quantitative estimate of drug-likeness (QED) is 0.162. The van der Waals surface area contributed by atoms with Crippen molar-refractivity contribution in [2.45, 2.75) is 5.41 Å². The lowest BCUT2D eigenvalue weighted by molar-refractivity contribution is 0.668. The highest BCUT2D eigenvalue weighted by Gasteiger charge is 2.49. The third-order valence-corrected chi connectivity index (χ3v) is 14.1. The van der Waals surface area contributed by atoms with E-state index >= 15 is 0 Å². The minimum Gasteiger partial charge on any atom is -0.456 e. The Morgan fingerprint density at radius 1 is 0.277 bits per heavy atom. The molecule has 0 saturated carbocycles. The van der Waals surface area contributed by atoms with Crippen LogP contribution in [0.25, 0.3) is 110 Å². The molecule has 302 valence electrons. The first-order chi connectivity index (χ1) is 32.3. The molecule has 1 aliphatic carbocycles. The van der Waals surface area contributed by atoms with Crippen LogP contribution in [0.1, 0.15) is 22.3 Å². The highest BCUT2D eigenvalue weighted by molar-refractivity contribution is 6.24. The Hall–Kier alpha value is -8.46. The molecule has 2 heteroatoms. The number of hydrogen-bond donors (Lipinski definition) is 0. The van der Waals surface area contributed by atoms with Crippen LogP contribution in [-0.4, -0.2) is 0 Å². The van der Waals surface area contributed by atoms with Gasteiger partial charge < -0.3 is 8.83 Å². The van der Waals surface area contributed by atoms with Crippen molar-refractivity contribution in [2.75, 3.05) is 0 Å². The van der Waals surface area contributed by atoms with Crippen molar-refractivity contribution in [1.29, 1.82) is 0 Å². The van der Waals surface area contributed by atoms with E-state index in [4.69, 9.17) is 8.83 Å². The molecule has 0 atom stereocenters. The maximum atomic E-state index is 7.22. The normalized spacial score (nSPS) is 13.0. The molecule has 0 N–H and O–H groups in total. The molecule has 2 aromatic heterocycles. The maximum Gasteiger partial charge on any atom is 0.144 e. The van der Waals surface area contributed by atoms with E-state index in [0.29, 0.717) is 0 Å². The van der Waals surface area contributed by atoms with Crippen LogP contribution in [0.15, 0.2) is 239 Å². The topological polar surface area (TPSA) is 26.3 Å². The molecule has 14 rings (SSSR count). The Balaban J connectivity index is 1.08. The first-order valence-electron chi connectivity index (χ1n) is 22.4. The van der Waals surface area contributed by atoms with Crippen molar-refractivity contribution in [3.63, 3.8) is 0 Å². The van der Waals surface area contributed by atoms with Crippen molar-refractivity contribution in [3.8, 4) is 44.5 Å². The van der Waals surface area contributed by atoms with Crippen molar-refractivity contribution in [3.05, 3.63) is 253 Å². The predicted molar refractivity (Wildman–Crippen MR) is 270 cm³/mol. The SMILES string of the molecule is c1ccc(-c2c3ccccc3c(-c3ccc(-c4cc5c(c6oc7ccccc7c46)-c4c(ccc6oc7ccccc7c46)C5(c4ccccc4)c4ccccc4)cc3)c3ccccc23)cc1. The van der Waals surface area contributed by atoms with Gasteiger partial charge in [-0.3, -0.25) is 0 Å². The number of hydrogen-bond acceptors (Lipinski definition) is 2. The first-order valence-corrected chi connectivity index (χ1v) is 22.4. The van der Waals surface area contributed by atoms with Crippen molar-refractivity contribution in [2.24, 2.45) is 0 Å². The van der Waals surface area contributed by atoms with Crippen LogP contribution < -0.4 is 0 Å². The van der Waals surface area contributed by atoms with Gasteiger partial charge in [-0.2, -0.15) is 0 Å². The molecule has 0 aliphatic heterocycles. The zero-order chi connectivity index (χ0) is 42.6. The zero-order valence-corrected chi connectivity index (χ0v) is 35.3. The van der Waals surface area contributed by atoms with Crippen LogP contribution in [0.2, 0.25) is 0 Å². The summed E-state index contributed by atoms with van der Waals surface area (Å²) in [5.41, 5.74) is 17.1. The summed E-state index contributed by atoms with van der Waals surface area (Å²) >= 11 is 0. The number of benzene rings is 11. The molecule has 1 aliphatic rings. The summed E-state index contributed by atoms with van der Waals surface area (Å²) in [7, 11) is 0. The summed E-state index contributed by atoms with van der Waals surface area (Å²) in [5.74, 6) is 0. The Morgan fingerprint density at radius 2 is 0.723 bits per heavy atom. The summed E-state index contributed by atoms with van der Waals surface area (Å²) in [6.45, 7) is 0. The number of furan rings is 2. The monoisotopic (exact) mass is 826 g/mol. The third-order valence-electron chi connectivity index (χ3n) is 14.1. The van der Waals surface area contributed by atoms with Crippen LogP contribution in [-0.2, 0) is 5.41 Å². The fourth-order valence-electron chi connectivity index (χ4n) is 11.5. The zero-order valence-electron chi connectivity index (χ0n) is 35.3. The predicted octanol–water partition coefficient (Wildman–Crippen LogP) is 17.2. The molecule has 0 radical (unpaired) electrons. The van der Waals surface area contributed by atoms with E-state index < -0.39 is 5.41 Å². The van der Waals surface area contributed by atoms with E-state index in [0.717, 1.165) is 60.6 Å². The molecule has 2 nitrogen and oxygen atoms in total. The van der Waals surface area contributed by atoms with Gasteiger partial charge in [0, 0.05) is 32.7 Å². The van der Waals surface area contributed by atoms with Crippen LogP contribution in [0.3, 0.4) is 0 Å². The Morgan fingerprint density at radius 3 is 1.29 bits per heavy atom. The van der Waals surface area contributed by atoms with Gasteiger partial charge in [-0.05, 0) is 101 Å². The third kappa shape index (κ3) is 4.99. The van der Waals surface area contributed by atoms with Crippen LogP contribution >= 0.6 is 0 Å². The smallest absolute Gasteiger partial charge is 0.144 e. The molecule has 0 amide bonds. The second-order valence-electron chi connectivity index (χ2n) is 17.4. The number of para-hydroxylation sites is 2.